The van der Waals surface area contributed by atoms with Crippen molar-refractivity contribution in [2.45, 2.75) is 38.3 Å². The fourth-order valence-electron chi connectivity index (χ4n) is 5.11. The number of carbonyl (C=O) groups is 5. The minimum atomic E-state index is -1.04. The lowest BCUT2D eigenvalue weighted by Gasteiger charge is -2.27. The summed E-state index contributed by atoms with van der Waals surface area (Å²) >= 11 is 12.1. The molecule has 1 unspecified atom stereocenters. The average Bonchev–Trinajstić information content (AvgIpc) is 3.19. The molecular formula is C31H28Cl2N4O5. The maximum absolute atomic E-state index is 13.0. The second-order valence-corrected chi connectivity index (χ2v) is 11.3. The van der Waals surface area contributed by atoms with Crippen molar-refractivity contribution in [2.75, 3.05) is 18.9 Å². The number of hydrogen-bond donors (Lipinski definition) is 2. The molecule has 1 atom stereocenters. The van der Waals surface area contributed by atoms with E-state index in [1.807, 2.05) is 43.4 Å². The highest BCUT2D eigenvalue weighted by atomic mass is 35.5. The summed E-state index contributed by atoms with van der Waals surface area (Å²) in [5.41, 5.74) is 3.67. The van der Waals surface area contributed by atoms with Crippen molar-refractivity contribution in [3.05, 3.63) is 98.5 Å². The van der Waals surface area contributed by atoms with Crippen molar-refractivity contribution < 1.29 is 24.0 Å². The van der Waals surface area contributed by atoms with E-state index in [-0.39, 0.29) is 36.3 Å². The molecule has 2 N–H and O–H groups in total. The minimum Gasteiger partial charge on any atom is -0.326 e. The summed E-state index contributed by atoms with van der Waals surface area (Å²) in [7, 11) is 2.04. The number of rotatable bonds is 9. The summed E-state index contributed by atoms with van der Waals surface area (Å²) in [5, 5.41) is 6.04. The average molecular weight is 607 g/mol. The highest BCUT2D eigenvalue weighted by Gasteiger charge is 2.44. The van der Waals surface area contributed by atoms with Crippen molar-refractivity contribution in [1.29, 1.82) is 0 Å². The molecule has 216 valence electrons. The van der Waals surface area contributed by atoms with E-state index in [2.05, 4.69) is 15.5 Å². The summed E-state index contributed by atoms with van der Waals surface area (Å²) in [4.78, 5) is 65.5. The first-order valence-electron chi connectivity index (χ1n) is 13.4. The molecule has 0 aromatic heterocycles. The van der Waals surface area contributed by atoms with Gasteiger partial charge in [0.2, 0.25) is 17.7 Å². The third kappa shape index (κ3) is 6.54. The zero-order valence-electron chi connectivity index (χ0n) is 22.8. The van der Waals surface area contributed by atoms with Gasteiger partial charge < -0.3 is 10.2 Å². The van der Waals surface area contributed by atoms with Crippen LogP contribution in [0.3, 0.4) is 0 Å². The second kappa shape index (κ2) is 12.4. The number of piperidine rings is 1. The highest BCUT2D eigenvalue weighted by molar-refractivity contribution is 6.42. The van der Waals surface area contributed by atoms with Crippen LogP contribution < -0.4 is 10.6 Å². The first-order chi connectivity index (χ1) is 20.1. The molecule has 5 rings (SSSR count). The summed E-state index contributed by atoms with van der Waals surface area (Å²) in [5.74, 6) is -2.60. The summed E-state index contributed by atoms with van der Waals surface area (Å²) in [6.45, 7) is 1.58. The van der Waals surface area contributed by atoms with Gasteiger partial charge in [0.05, 0.1) is 27.6 Å². The summed E-state index contributed by atoms with van der Waals surface area (Å²) in [6, 6.07) is 16.9. The Morgan fingerprint density at radius 2 is 1.60 bits per heavy atom. The number of benzene rings is 3. The molecule has 11 heteroatoms. The molecule has 0 spiro atoms. The van der Waals surface area contributed by atoms with E-state index in [9.17, 15) is 24.0 Å². The molecule has 0 aliphatic carbocycles. The predicted molar refractivity (Wildman–Crippen MR) is 158 cm³/mol. The van der Waals surface area contributed by atoms with Crippen LogP contribution in [0.4, 0.5) is 5.69 Å². The van der Waals surface area contributed by atoms with Gasteiger partial charge in [-0.1, -0.05) is 53.5 Å². The number of imide groups is 2. The Bertz CT molecular complexity index is 1590. The lowest BCUT2D eigenvalue weighted by Crippen LogP contribution is -2.54. The number of amides is 5. The van der Waals surface area contributed by atoms with Gasteiger partial charge in [0.25, 0.3) is 11.8 Å². The van der Waals surface area contributed by atoms with Crippen LogP contribution in [0.1, 0.15) is 50.2 Å². The minimum absolute atomic E-state index is 0.0445. The van der Waals surface area contributed by atoms with Crippen LogP contribution in [0.15, 0.2) is 60.7 Å². The van der Waals surface area contributed by atoms with Crippen LogP contribution in [0, 0.1) is 0 Å². The number of carbonyl (C=O) groups excluding carboxylic acids is 5. The van der Waals surface area contributed by atoms with E-state index in [0.717, 1.165) is 41.1 Å². The topological polar surface area (TPSA) is 116 Å². The first-order valence-corrected chi connectivity index (χ1v) is 14.2. The lowest BCUT2D eigenvalue weighted by atomic mass is 10.0. The van der Waals surface area contributed by atoms with Crippen LogP contribution in [-0.4, -0.2) is 59.0 Å². The Morgan fingerprint density at radius 3 is 2.31 bits per heavy atom. The molecule has 2 aliphatic heterocycles. The molecule has 3 aromatic rings. The van der Waals surface area contributed by atoms with E-state index in [1.54, 1.807) is 12.1 Å². The highest BCUT2D eigenvalue weighted by Crippen LogP contribution is 2.29. The van der Waals surface area contributed by atoms with Crippen molar-refractivity contribution in [3.63, 3.8) is 0 Å². The van der Waals surface area contributed by atoms with Crippen LogP contribution >= 0.6 is 23.2 Å². The monoisotopic (exact) mass is 606 g/mol. The molecular weight excluding hydrogens is 579 g/mol. The quantitative estimate of drug-likeness (QED) is 0.352. The largest absolute Gasteiger partial charge is 0.326 e. The van der Waals surface area contributed by atoms with Gasteiger partial charge in [0, 0.05) is 25.2 Å². The predicted octanol–water partition coefficient (Wildman–Crippen LogP) is 4.25. The Morgan fingerprint density at radius 1 is 0.905 bits per heavy atom. The molecule has 2 heterocycles. The van der Waals surface area contributed by atoms with Gasteiger partial charge in [-0.25, -0.2) is 0 Å². The number of fused-ring (bicyclic) bond motifs is 1. The van der Waals surface area contributed by atoms with Crippen molar-refractivity contribution >= 4 is 58.4 Å². The number of nitrogens with zero attached hydrogens (tertiary/aromatic N) is 2. The number of hydrogen-bond acceptors (Lipinski definition) is 6. The Kier molecular flexibility index (Phi) is 8.72. The smallest absolute Gasteiger partial charge is 0.262 e. The standard InChI is InChI=1S/C31H28Cl2N4O5/c1-36(13-12-19-6-9-24(32)25(33)14-19)17-20-4-2-18(3-5-20)15-28(39)34-21-7-8-22-23(16-21)31(42)37(30(22)41)26-10-11-27(38)35-29(26)40/h2-9,14,16,26H,10-13,15,17H2,1H3,(H,34,39)(H,35,38,40). The molecule has 0 radical (unpaired) electrons. The molecule has 42 heavy (non-hydrogen) atoms. The fraction of sp³-hybridized carbons (Fsp3) is 0.258. The number of likely N-dealkylation sites (N-methyl/N-ethyl adjacent to an activating group) is 1. The number of nitrogens with one attached hydrogen (secondary N) is 2. The molecule has 0 bridgehead atoms. The number of anilines is 1. The lowest BCUT2D eigenvalue weighted by molar-refractivity contribution is -0.136. The SMILES string of the molecule is CN(CCc1ccc(Cl)c(Cl)c1)Cc1ccc(CC(=O)Nc2ccc3c(c2)C(=O)N(C2CCC(=O)NC2=O)C3=O)cc1. The van der Waals surface area contributed by atoms with Crippen LogP contribution in [0.25, 0.3) is 0 Å². The van der Waals surface area contributed by atoms with E-state index < -0.39 is 29.7 Å². The molecule has 3 aromatic carbocycles. The summed E-state index contributed by atoms with van der Waals surface area (Å²) < 4.78 is 0. The van der Waals surface area contributed by atoms with Crippen molar-refractivity contribution in [2.24, 2.45) is 0 Å². The number of halogens is 2. The zero-order chi connectivity index (χ0) is 30.0. The van der Waals surface area contributed by atoms with Crippen LogP contribution in [-0.2, 0) is 33.8 Å². The van der Waals surface area contributed by atoms with Gasteiger partial charge in [0.15, 0.2) is 0 Å². The van der Waals surface area contributed by atoms with Gasteiger partial charge >= 0.3 is 0 Å². The Labute approximate surface area is 252 Å². The van der Waals surface area contributed by atoms with E-state index in [1.165, 1.54) is 12.1 Å². The van der Waals surface area contributed by atoms with Gasteiger partial charge in [-0.05, 0) is 66.9 Å². The van der Waals surface area contributed by atoms with Gasteiger partial charge in [0.1, 0.15) is 6.04 Å². The molecule has 5 amide bonds. The molecule has 9 nitrogen and oxygen atoms in total. The third-order valence-electron chi connectivity index (χ3n) is 7.33. The van der Waals surface area contributed by atoms with Crippen LogP contribution in [0.5, 0.6) is 0 Å². The van der Waals surface area contributed by atoms with E-state index >= 15 is 0 Å². The second-order valence-electron chi connectivity index (χ2n) is 10.5. The van der Waals surface area contributed by atoms with Gasteiger partial charge in [-0.3, -0.25) is 34.2 Å². The molecule has 1 saturated heterocycles. The normalized spacial score (nSPS) is 16.6. The fourth-order valence-corrected chi connectivity index (χ4v) is 5.43. The summed E-state index contributed by atoms with van der Waals surface area (Å²) in [6.07, 6.45) is 1.08. The van der Waals surface area contributed by atoms with Crippen molar-refractivity contribution in [1.82, 2.24) is 15.1 Å². The maximum atomic E-state index is 13.0. The third-order valence-corrected chi connectivity index (χ3v) is 8.07. The molecule has 1 fully saturated rings. The zero-order valence-corrected chi connectivity index (χ0v) is 24.3. The Balaban J connectivity index is 1.14. The van der Waals surface area contributed by atoms with Gasteiger partial charge in [-0.2, -0.15) is 0 Å². The van der Waals surface area contributed by atoms with E-state index in [0.29, 0.717) is 15.7 Å². The van der Waals surface area contributed by atoms with Gasteiger partial charge in [-0.15, -0.1) is 0 Å². The molecule has 2 aliphatic rings. The maximum Gasteiger partial charge on any atom is 0.262 e. The first kappa shape index (κ1) is 29.4. The van der Waals surface area contributed by atoms with E-state index in [4.69, 9.17) is 23.2 Å². The van der Waals surface area contributed by atoms with Crippen molar-refractivity contribution in [3.8, 4) is 0 Å². The molecule has 0 saturated carbocycles. The van der Waals surface area contributed by atoms with Crippen LogP contribution in [0.2, 0.25) is 10.0 Å². The Hall–Kier alpha value is -4.05.